The molecule has 0 aliphatic heterocycles. The van der Waals surface area contributed by atoms with Crippen LogP contribution in [0.2, 0.25) is 0 Å². The van der Waals surface area contributed by atoms with Crippen LogP contribution >= 0.6 is 11.8 Å². The topological polar surface area (TPSA) is 46.1 Å². The van der Waals surface area contributed by atoms with Crippen molar-refractivity contribution in [3.63, 3.8) is 0 Å². The molecular weight excluding hydrogens is 258 g/mol. The summed E-state index contributed by atoms with van der Waals surface area (Å²) in [5.74, 6) is 0.921. The van der Waals surface area contributed by atoms with E-state index in [0.717, 1.165) is 22.8 Å². The first kappa shape index (κ1) is 14.1. The molecule has 0 aromatic carbocycles. The molecule has 4 nitrogen and oxygen atoms in total. The summed E-state index contributed by atoms with van der Waals surface area (Å²) >= 11 is 1.53. The molecule has 0 saturated heterocycles. The number of carbonyl (C=O) groups excluding carboxylic acids is 1. The molecule has 1 heterocycles. The molecule has 0 unspecified atom stereocenters. The maximum absolute atomic E-state index is 10.5. The van der Waals surface area contributed by atoms with E-state index >= 15 is 0 Å². The molecule has 0 bridgehead atoms. The van der Waals surface area contributed by atoms with E-state index in [4.69, 9.17) is 0 Å². The summed E-state index contributed by atoms with van der Waals surface area (Å²) < 4.78 is 0. The van der Waals surface area contributed by atoms with E-state index in [1.807, 2.05) is 6.26 Å². The fourth-order valence-electron chi connectivity index (χ4n) is 2.47. The SMILES string of the molecule is CSc1ncc(/C=C\C=O)c(N(C)C2CCCC2)n1. The van der Waals surface area contributed by atoms with Gasteiger partial charge in [-0.05, 0) is 31.2 Å². The molecule has 1 aromatic rings. The Kier molecular flexibility index (Phi) is 4.96. The lowest BCUT2D eigenvalue weighted by molar-refractivity contribution is -0.104. The van der Waals surface area contributed by atoms with Crippen LogP contribution in [-0.4, -0.2) is 35.6 Å². The van der Waals surface area contributed by atoms with E-state index in [9.17, 15) is 4.79 Å². The van der Waals surface area contributed by atoms with Gasteiger partial charge in [0.05, 0.1) is 0 Å². The number of hydrogen-bond acceptors (Lipinski definition) is 5. The highest BCUT2D eigenvalue weighted by atomic mass is 32.2. The maximum atomic E-state index is 10.5. The Morgan fingerprint density at radius 1 is 1.42 bits per heavy atom. The molecule has 102 valence electrons. The predicted molar refractivity (Wildman–Crippen MR) is 79.6 cm³/mol. The third kappa shape index (κ3) is 3.35. The van der Waals surface area contributed by atoms with Crippen LogP contribution in [0.5, 0.6) is 0 Å². The van der Waals surface area contributed by atoms with Crippen LogP contribution in [0.4, 0.5) is 5.82 Å². The molecule has 0 N–H and O–H groups in total. The van der Waals surface area contributed by atoms with Crippen molar-refractivity contribution < 1.29 is 4.79 Å². The van der Waals surface area contributed by atoms with E-state index in [2.05, 4.69) is 21.9 Å². The Bertz CT molecular complexity index is 470. The van der Waals surface area contributed by atoms with Crippen molar-refractivity contribution in [2.75, 3.05) is 18.2 Å². The van der Waals surface area contributed by atoms with Gasteiger partial charge in [-0.2, -0.15) is 0 Å². The first-order valence-electron chi connectivity index (χ1n) is 6.52. The third-order valence-electron chi connectivity index (χ3n) is 3.52. The number of allylic oxidation sites excluding steroid dienone is 1. The highest BCUT2D eigenvalue weighted by Crippen LogP contribution is 2.29. The second-order valence-corrected chi connectivity index (χ2v) is 5.45. The van der Waals surface area contributed by atoms with Gasteiger partial charge in [0, 0.05) is 24.8 Å². The summed E-state index contributed by atoms with van der Waals surface area (Å²) in [6.45, 7) is 0. The average molecular weight is 277 g/mol. The van der Waals surface area contributed by atoms with E-state index in [0.29, 0.717) is 6.04 Å². The average Bonchev–Trinajstić information content (AvgIpc) is 2.98. The number of anilines is 1. The normalized spacial score (nSPS) is 16.1. The standard InChI is InChI=1S/C14H19N3OS/c1-17(12-7-3-4-8-12)13-11(6-5-9-18)10-15-14(16-13)19-2/h5-6,9-10,12H,3-4,7-8H2,1-2H3/b6-5-. The minimum atomic E-state index is 0.549. The summed E-state index contributed by atoms with van der Waals surface area (Å²) in [4.78, 5) is 21.6. The van der Waals surface area contributed by atoms with Gasteiger partial charge in [-0.3, -0.25) is 4.79 Å². The molecule has 1 saturated carbocycles. The fourth-order valence-corrected chi connectivity index (χ4v) is 2.81. The zero-order valence-electron chi connectivity index (χ0n) is 11.4. The number of aldehydes is 1. The molecule has 5 heteroatoms. The lowest BCUT2D eigenvalue weighted by Gasteiger charge is -2.26. The second-order valence-electron chi connectivity index (χ2n) is 4.68. The van der Waals surface area contributed by atoms with Gasteiger partial charge in [0.1, 0.15) is 12.1 Å². The van der Waals surface area contributed by atoms with Gasteiger partial charge in [-0.25, -0.2) is 9.97 Å². The van der Waals surface area contributed by atoms with E-state index in [1.54, 1.807) is 12.3 Å². The van der Waals surface area contributed by atoms with Crippen LogP contribution < -0.4 is 4.90 Å². The molecule has 0 spiro atoms. The van der Waals surface area contributed by atoms with Crippen LogP contribution in [0, 0.1) is 0 Å². The third-order valence-corrected chi connectivity index (χ3v) is 4.08. The molecule has 2 rings (SSSR count). The number of nitrogens with zero attached hydrogens (tertiary/aromatic N) is 3. The van der Waals surface area contributed by atoms with Gasteiger partial charge in [-0.1, -0.05) is 24.6 Å². The number of hydrogen-bond donors (Lipinski definition) is 0. The van der Waals surface area contributed by atoms with E-state index in [1.165, 1.54) is 43.5 Å². The minimum Gasteiger partial charge on any atom is -0.356 e. The summed E-state index contributed by atoms with van der Waals surface area (Å²) in [5.41, 5.74) is 0.902. The number of carbonyl (C=O) groups is 1. The maximum Gasteiger partial charge on any atom is 0.189 e. The van der Waals surface area contributed by atoms with Gasteiger partial charge in [0.25, 0.3) is 0 Å². The Balaban J connectivity index is 2.33. The van der Waals surface area contributed by atoms with Crippen LogP contribution in [0.25, 0.3) is 6.08 Å². The highest BCUT2D eigenvalue weighted by Gasteiger charge is 2.22. The molecule has 0 radical (unpaired) electrons. The van der Waals surface area contributed by atoms with Crippen molar-refractivity contribution in [2.24, 2.45) is 0 Å². The van der Waals surface area contributed by atoms with Gasteiger partial charge in [0.2, 0.25) is 0 Å². The lowest BCUT2D eigenvalue weighted by atomic mass is 10.2. The van der Waals surface area contributed by atoms with Gasteiger partial charge in [-0.15, -0.1) is 0 Å². The van der Waals surface area contributed by atoms with E-state index in [-0.39, 0.29) is 0 Å². The summed E-state index contributed by atoms with van der Waals surface area (Å²) in [6.07, 6.45) is 12.8. The minimum absolute atomic E-state index is 0.549. The molecular formula is C14H19N3OS. The van der Waals surface area contributed by atoms with Crippen molar-refractivity contribution in [1.29, 1.82) is 0 Å². The van der Waals surface area contributed by atoms with Crippen LogP contribution in [-0.2, 0) is 4.79 Å². The van der Waals surface area contributed by atoms with Gasteiger partial charge >= 0.3 is 0 Å². The second kappa shape index (κ2) is 6.70. The molecule has 0 atom stereocenters. The first-order chi connectivity index (χ1) is 9.26. The molecule has 1 aromatic heterocycles. The number of aromatic nitrogens is 2. The van der Waals surface area contributed by atoms with Crippen molar-refractivity contribution >= 4 is 29.9 Å². The summed E-state index contributed by atoms with van der Waals surface area (Å²) in [5, 5.41) is 0.767. The molecule has 0 amide bonds. The van der Waals surface area contributed by atoms with Crippen LogP contribution in [0.15, 0.2) is 17.4 Å². The fraction of sp³-hybridized carbons (Fsp3) is 0.500. The lowest BCUT2D eigenvalue weighted by Crippen LogP contribution is -2.30. The summed E-state index contributed by atoms with van der Waals surface area (Å²) in [6, 6.07) is 0.549. The zero-order valence-corrected chi connectivity index (χ0v) is 12.2. The molecule has 19 heavy (non-hydrogen) atoms. The van der Waals surface area contributed by atoms with Gasteiger partial charge in [0.15, 0.2) is 5.16 Å². The molecule has 1 aliphatic rings. The Labute approximate surface area is 118 Å². The Morgan fingerprint density at radius 3 is 2.79 bits per heavy atom. The highest BCUT2D eigenvalue weighted by molar-refractivity contribution is 7.98. The first-order valence-corrected chi connectivity index (χ1v) is 7.74. The number of thioether (sulfide) groups is 1. The quantitative estimate of drug-likeness (QED) is 0.358. The zero-order chi connectivity index (χ0) is 13.7. The van der Waals surface area contributed by atoms with Crippen molar-refractivity contribution in [2.45, 2.75) is 36.9 Å². The van der Waals surface area contributed by atoms with Crippen molar-refractivity contribution in [3.05, 3.63) is 17.8 Å². The smallest absolute Gasteiger partial charge is 0.189 e. The molecule has 1 fully saturated rings. The Hall–Kier alpha value is -1.36. The largest absolute Gasteiger partial charge is 0.356 e. The predicted octanol–water partition coefficient (Wildman–Crippen LogP) is 2.79. The van der Waals surface area contributed by atoms with Gasteiger partial charge < -0.3 is 4.90 Å². The van der Waals surface area contributed by atoms with E-state index < -0.39 is 0 Å². The molecule has 1 aliphatic carbocycles. The van der Waals surface area contributed by atoms with Crippen LogP contribution in [0.3, 0.4) is 0 Å². The van der Waals surface area contributed by atoms with Crippen LogP contribution in [0.1, 0.15) is 31.2 Å². The Morgan fingerprint density at radius 2 is 2.16 bits per heavy atom. The van der Waals surface area contributed by atoms with Crippen molar-refractivity contribution in [3.8, 4) is 0 Å². The number of rotatable bonds is 5. The monoisotopic (exact) mass is 277 g/mol. The van der Waals surface area contributed by atoms with Crippen molar-refractivity contribution in [1.82, 2.24) is 9.97 Å². The summed E-state index contributed by atoms with van der Waals surface area (Å²) in [7, 11) is 2.08.